The van der Waals surface area contributed by atoms with E-state index in [0.29, 0.717) is 33.2 Å². The van der Waals surface area contributed by atoms with Crippen molar-refractivity contribution in [2.75, 3.05) is 11.1 Å². The van der Waals surface area contributed by atoms with E-state index in [4.69, 9.17) is 5.73 Å². The number of carbonyl (C=O) groups is 2. The fraction of sp³-hybridized carbons (Fsp3) is 0. The minimum Gasteiger partial charge on any atom is -0.398 e. The number of benzene rings is 3. The minimum absolute atomic E-state index is 0.212. The van der Waals surface area contributed by atoms with Crippen LogP contribution in [-0.4, -0.2) is 16.6 Å². The van der Waals surface area contributed by atoms with Crippen LogP contribution in [0.1, 0.15) is 31.8 Å². The molecule has 0 amide bonds. The zero-order chi connectivity index (χ0) is 18.5. The third kappa shape index (κ3) is 2.34. The average molecular weight is 371 g/mol. The lowest BCUT2D eigenvalue weighted by atomic mass is 9.82. The summed E-state index contributed by atoms with van der Waals surface area (Å²) >= 11 is 1.48. The average Bonchev–Trinajstić information content (AvgIpc) is 3.10. The molecule has 1 aliphatic rings. The van der Waals surface area contributed by atoms with Gasteiger partial charge < -0.3 is 11.1 Å². The molecule has 1 heterocycles. The number of fused-ring (bicyclic) bond motifs is 3. The smallest absolute Gasteiger partial charge is 0.196 e. The topological polar surface area (TPSA) is 85.1 Å². The molecule has 0 saturated carbocycles. The van der Waals surface area contributed by atoms with Gasteiger partial charge in [0, 0.05) is 16.8 Å². The van der Waals surface area contributed by atoms with E-state index in [-0.39, 0.29) is 17.1 Å². The zero-order valence-corrected chi connectivity index (χ0v) is 14.8. The Bertz CT molecular complexity index is 1230. The van der Waals surface area contributed by atoms with E-state index in [1.54, 1.807) is 36.4 Å². The number of rotatable bonds is 2. The quantitative estimate of drug-likeness (QED) is 0.449. The summed E-state index contributed by atoms with van der Waals surface area (Å²) in [5.74, 6) is -0.443. The van der Waals surface area contributed by atoms with Crippen molar-refractivity contribution in [3.63, 3.8) is 0 Å². The molecule has 27 heavy (non-hydrogen) atoms. The largest absolute Gasteiger partial charge is 0.398 e. The van der Waals surface area contributed by atoms with Crippen molar-refractivity contribution in [1.29, 1.82) is 0 Å². The molecule has 1 aliphatic carbocycles. The number of ketones is 2. The molecular weight excluding hydrogens is 358 g/mol. The fourth-order valence-corrected chi connectivity index (χ4v) is 4.27. The number of carbonyl (C=O) groups excluding carboxylic acids is 2. The van der Waals surface area contributed by atoms with Crippen LogP contribution in [0.15, 0.2) is 60.7 Å². The highest BCUT2D eigenvalue weighted by Crippen LogP contribution is 2.37. The number of nitrogens with one attached hydrogen (secondary N) is 1. The predicted molar refractivity (Wildman–Crippen MR) is 107 cm³/mol. The number of anilines is 3. The van der Waals surface area contributed by atoms with Crippen LogP contribution in [0.25, 0.3) is 10.2 Å². The van der Waals surface area contributed by atoms with Gasteiger partial charge in [-0.1, -0.05) is 47.7 Å². The second kappa shape index (κ2) is 5.75. The van der Waals surface area contributed by atoms with Crippen LogP contribution < -0.4 is 11.1 Å². The highest BCUT2D eigenvalue weighted by molar-refractivity contribution is 7.22. The Balaban J connectivity index is 1.67. The van der Waals surface area contributed by atoms with Crippen LogP contribution in [0.4, 0.5) is 16.5 Å². The first-order chi connectivity index (χ1) is 13.1. The van der Waals surface area contributed by atoms with E-state index in [1.807, 2.05) is 24.3 Å². The van der Waals surface area contributed by atoms with Crippen LogP contribution >= 0.6 is 11.3 Å². The Morgan fingerprint density at radius 3 is 2.22 bits per heavy atom. The maximum Gasteiger partial charge on any atom is 0.196 e. The summed E-state index contributed by atoms with van der Waals surface area (Å²) in [7, 11) is 0. The predicted octanol–water partition coefficient (Wildman–Crippen LogP) is 4.40. The molecule has 0 aliphatic heterocycles. The number of para-hydroxylation sites is 1. The van der Waals surface area contributed by atoms with E-state index in [9.17, 15) is 9.59 Å². The summed E-state index contributed by atoms with van der Waals surface area (Å²) in [6.07, 6.45) is 0. The first-order valence-electron chi connectivity index (χ1n) is 8.37. The summed E-state index contributed by atoms with van der Waals surface area (Å²) in [5, 5.41) is 3.86. The second-order valence-corrected chi connectivity index (χ2v) is 7.30. The van der Waals surface area contributed by atoms with Crippen molar-refractivity contribution in [2.45, 2.75) is 0 Å². The molecule has 0 fully saturated rings. The number of hydrogen-bond donors (Lipinski definition) is 2. The highest BCUT2D eigenvalue weighted by atomic mass is 32.1. The molecule has 0 atom stereocenters. The lowest BCUT2D eigenvalue weighted by Gasteiger charge is -2.21. The van der Waals surface area contributed by atoms with Gasteiger partial charge >= 0.3 is 0 Å². The number of aromatic nitrogens is 1. The van der Waals surface area contributed by atoms with Crippen LogP contribution in [0, 0.1) is 0 Å². The number of nitrogens with zero attached hydrogens (tertiary/aromatic N) is 1. The van der Waals surface area contributed by atoms with Crippen LogP contribution in [0.2, 0.25) is 0 Å². The Morgan fingerprint density at radius 1 is 0.815 bits per heavy atom. The summed E-state index contributed by atoms with van der Waals surface area (Å²) in [6.45, 7) is 0. The number of nitrogens with two attached hydrogens (primary N) is 1. The van der Waals surface area contributed by atoms with Crippen LogP contribution in [0.3, 0.4) is 0 Å². The van der Waals surface area contributed by atoms with Crippen molar-refractivity contribution in [1.82, 2.24) is 4.98 Å². The lowest BCUT2D eigenvalue weighted by molar-refractivity contribution is 0.0980. The van der Waals surface area contributed by atoms with Gasteiger partial charge in [0.1, 0.15) is 0 Å². The normalized spacial score (nSPS) is 12.7. The van der Waals surface area contributed by atoms with Gasteiger partial charge in [-0.15, -0.1) is 0 Å². The van der Waals surface area contributed by atoms with Crippen LogP contribution in [-0.2, 0) is 0 Å². The SMILES string of the molecule is Nc1ccc(Nc2nc3ccccc3s2)c2c1C(=O)c1ccccc1C2=O. The van der Waals surface area contributed by atoms with E-state index in [0.717, 1.165) is 10.2 Å². The third-order valence-corrected chi connectivity index (χ3v) is 5.60. The first kappa shape index (κ1) is 15.7. The Morgan fingerprint density at radius 2 is 1.48 bits per heavy atom. The molecule has 130 valence electrons. The minimum atomic E-state index is -0.231. The first-order valence-corrected chi connectivity index (χ1v) is 9.18. The molecule has 5 nitrogen and oxygen atoms in total. The molecule has 3 aromatic carbocycles. The van der Waals surface area contributed by atoms with Crippen molar-refractivity contribution < 1.29 is 9.59 Å². The summed E-state index contributed by atoms with van der Waals surface area (Å²) in [4.78, 5) is 30.6. The van der Waals surface area contributed by atoms with Gasteiger partial charge in [0.15, 0.2) is 16.7 Å². The Hall–Kier alpha value is -3.51. The number of hydrogen-bond acceptors (Lipinski definition) is 6. The third-order valence-electron chi connectivity index (χ3n) is 4.64. The molecule has 4 aromatic rings. The fourth-order valence-electron chi connectivity index (χ4n) is 3.39. The molecule has 5 rings (SSSR count). The molecule has 0 bridgehead atoms. The van der Waals surface area contributed by atoms with Gasteiger partial charge in [0.25, 0.3) is 0 Å². The highest BCUT2D eigenvalue weighted by Gasteiger charge is 2.33. The number of thiazole rings is 1. The maximum absolute atomic E-state index is 13.1. The maximum atomic E-state index is 13.1. The second-order valence-electron chi connectivity index (χ2n) is 6.27. The van der Waals surface area contributed by atoms with Crippen LogP contribution in [0.5, 0.6) is 0 Å². The summed E-state index contributed by atoms with van der Waals surface area (Å²) in [5.41, 5.74) is 9.11. The molecule has 0 unspecified atom stereocenters. The molecular formula is C21H13N3O2S. The van der Waals surface area contributed by atoms with Gasteiger partial charge in [-0.2, -0.15) is 0 Å². The van der Waals surface area contributed by atoms with Gasteiger partial charge in [-0.05, 0) is 24.3 Å². The summed E-state index contributed by atoms with van der Waals surface area (Å²) < 4.78 is 1.04. The molecule has 0 radical (unpaired) electrons. The van der Waals surface area contributed by atoms with Gasteiger partial charge in [0.05, 0.1) is 27.0 Å². The van der Waals surface area contributed by atoms with E-state index in [2.05, 4.69) is 10.3 Å². The number of nitrogen functional groups attached to an aromatic ring is 1. The molecule has 3 N–H and O–H groups in total. The van der Waals surface area contributed by atoms with Crippen molar-refractivity contribution >= 4 is 49.6 Å². The van der Waals surface area contributed by atoms with Gasteiger partial charge in [-0.3, -0.25) is 9.59 Å². The monoisotopic (exact) mass is 371 g/mol. The zero-order valence-electron chi connectivity index (χ0n) is 14.0. The molecule has 1 aromatic heterocycles. The Kier molecular flexibility index (Phi) is 3.35. The molecule has 6 heteroatoms. The molecule has 0 spiro atoms. The lowest BCUT2D eigenvalue weighted by Crippen LogP contribution is -2.23. The van der Waals surface area contributed by atoms with Gasteiger partial charge in [0.2, 0.25) is 0 Å². The van der Waals surface area contributed by atoms with Gasteiger partial charge in [-0.25, -0.2) is 4.98 Å². The van der Waals surface area contributed by atoms with Crippen molar-refractivity contribution in [2.24, 2.45) is 0 Å². The van der Waals surface area contributed by atoms with E-state index >= 15 is 0 Å². The standard InChI is InChI=1S/C21H13N3O2S/c22-13-9-10-15(24-21-23-14-7-3-4-8-16(14)27-21)18-17(13)19(25)11-5-1-2-6-12(11)20(18)26/h1-10H,22H2,(H,23,24). The van der Waals surface area contributed by atoms with E-state index < -0.39 is 0 Å². The van der Waals surface area contributed by atoms with Crippen molar-refractivity contribution in [3.8, 4) is 0 Å². The molecule has 0 saturated heterocycles. The summed E-state index contributed by atoms with van der Waals surface area (Å²) in [6, 6.07) is 18.0. The van der Waals surface area contributed by atoms with Crippen molar-refractivity contribution in [3.05, 3.63) is 82.9 Å². The van der Waals surface area contributed by atoms with E-state index in [1.165, 1.54) is 11.3 Å². The Labute approximate surface area is 158 Å².